The summed E-state index contributed by atoms with van der Waals surface area (Å²) in [6.07, 6.45) is 0.126. The van der Waals surface area contributed by atoms with Crippen molar-refractivity contribution in [2.75, 3.05) is 0 Å². The van der Waals surface area contributed by atoms with E-state index in [1.807, 2.05) is 0 Å². The number of aryl methyl sites for hydroxylation is 3. The Morgan fingerprint density at radius 1 is 0.552 bits per heavy atom. The molecule has 0 aliphatic carbocycles. The van der Waals surface area contributed by atoms with Gasteiger partial charge in [0.05, 0.1) is 0 Å². The Bertz CT molecular complexity index is 908. The molecule has 1 nitrogen and oxygen atoms in total. The first kappa shape index (κ1) is 21.5. The summed E-state index contributed by atoms with van der Waals surface area (Å²) in [7, 11) is -2.71. The highest BCUT2D eigenvalue weighted by atomic mass is 28.4. The second kappa shape index (κ2) is 8.29. The van der Waals surface area contributed by atoms with Crippen LogP contribution in [0.25, 0.3) is 0 Å². The lowest BCUT2D eigenvalue weighted by Crippen LogP contribution is -2.72. The number of hydrogen-bond acceptors (Lipinski definition) is 1. The van der Waals surface area contributed by atoms with E-state index in [2.05, 4.69) is 110 Å². The van der Waals surface area contributed by atoms with Gasteiger partial charge >= 0.3 is 0 Å². The normalized spacial score (nSPS) is 11.9. The quantitative estimate of drug-likeness (QED) is 0.434. The fourth-order valence-electron chi connectivity index (χ4n) is 4.38. The maximum Gasteiger partial charge on any atom is 0.289 e. The van der Waals surface area contributed by atoms with Crippen molar-refractivity contribution in [2.24, 2.45) is 0 Å². The van der Waals surface area contributed by atoms with Crippen LogP contribution in [-0.2, 0) is 4.43 Å². The Balaban J connectivity index is 2.55. The minimum Gasteiger partial charge on any atom is -0.402 e. The van der Waals surface area contributed by atoms with Crippen molar-refractivity contribution < 1.29 is 4.43 Å². The predicted molar refractivity (Wildman–Crippen MR) is 129 cm³/mol. The molecule has 0 spiro atoms. The standard InChI is InChI=1S/C27H34OSi/c1-18(2)28-29(25-15-9-12-19(3)22(25)6,26-16-10-13-20(4)23(26)7)27-17-11-14-21(5)24(27)8/h9-18H,1-8H3. The lowest BCUT2D eigenvalue weighted by Gasteiger charge is -2.38. The largest absolute Gasteiger partial charge is 0.402 e. The summed E-state index contributed by atoms with van der Waals surface area (Å²) in [6.45, 7) is 17.7. The van der Waals surface area contributed by atoms with E-state index in [0.717, 1.165) is 0 Å². The molecule has 0 unspecified atom stereocenters. The lowest BCUT2D eigenvalue weighted by molar-refractivity contribution is 0.245. The van der Waals surface area contributed by atoms with Gasteiger partial charge in [-0.2, -0.15) is 0 Å². The highest BCUT2D eigenvalue weighted by Gasteiger charge is 2.46. The van der Waals surface area contributed by atoms with Gasteiger partial charge in [-0.3, -0.25) is 0 Å². The van der Waals surface area contributed by atoms with Crippen molar-refractivity contribution in [2.45, 2.75) is 61.5 Å². The SMILES string of the molecule is Cc1cccc([Si](OC(C)C)(c2cccc(C)c2C)c2cccc(C)c2C)c1C. The number of benzene rings is 3. The molecular weight excluding hydrogens is 368 g/mol. The summed E-state index contributed by atoms with van der Waals surface area (Å²) < 4.78 is 7.14. The first-order valence-corrected chi connectivity index (χ1v) is 12.5. The van der Waals surface area contributed by atoms with Gasteiger partial charge in [-0.05, 0) is 104 Å². The molecule has 0 aliphatic heterocycles. The molecule has 29 heavy (non-hydrogen) atoms. The number of rotatable bonds is 5. The number of hydrogen-bond donors (Lipinski definition) is 0. The topological polar surface area (TPSA) is 9.23 Å². The minimum atomic E-state index is -2.71. The molecule has 0 saturated carbocycles. The zero-order chi connectivity index (χ0) is 21.3. The smallest absolute Gasteiger partial charge is 0.289 e. The maximum absolute atomic E-state index is 7.14. The van der Waals surface area contributed by atoms with E-state index in [1.54, 1.807) is 0 Å². The van der Waals surface area contributed by atoms with Gasteiger partial charge < -0.3 is 4.43 Å². The van der Waals surface area contributed by atoms with Crippen LogP contribution in [0.15, 0.2) is 54.6 Å². The van der Waals surface area contributed by atoms with E-state index in [1.165, 1.54) is 48.9 Å². The maximum atomic E-state index is 7.14. The van der Waals surface area contributed by atoms with Crippen molar-refractivity contribution >= 4 is 23.9 Å². The Labute approximate surface area is 177 Å². The summed E-state index contributed by atoms with van der Waals surface area (Å²) in [4.78, 5) is 0. The first-order chi connectivity index (χ1) is 13.7. The first-order valence-electron chi connectivity index (χ1n) is 10.6. The van der Waals surface area contributed by atoms with Crippen molar-refractivity contribution in [3.05, 3.63) is 88.0 Å². The average molecular weight is 403 g/mol. The fourth-order valence-corrected chi connectivity index (χ4v) is 9.50. The van der Waals surface area contributed by atoms with Gasteiger partial charge in [0.1, 0.15) is 0 Å². The van der Waals surface area contributed by atoms with Crippen LogP contribution in [0.5, 0.6) is 0 Å². The van der Waals surface area contributed by atoms with Gasteiger partial charge in [-0.25, -0.2) is 0 Å². The Morgan fingerprint density at radius 2 is 0.862 bits per heavy atom. The molecule has 0 atom stereocenters. The second-order valence-electron chi connectivity index (χ2n) is 8.59. The van der Waals surface area contributed by atoms with Crippen LogP contribution < -0.4 is 15.6 Å². The Morgan fingerprint density at radius 3 is 1.14 bits per heavy atom. The van der Waals surface area contributed by atoms with Gasteiger partial charge in [0.15, 0.2) is 0 Å². The molecule has 3 aromatic carbocycles. The van der Waals surface area contributed by atoms with Crippen LogP contribution >= 0.6 is 0 Å². The van der Waals surface area contributed by atoms with Gasteiger partial charge in [0, 0.05) is 6.10 Å². The molecule has 0 saturated heterocycles. The van der Waals surface area contributed by atoms with Crippen LogP contribution in [-0.4, -0.2) is 14.4 Å². The van der Waals surface area contributed by atoms with Crippen LogP contribution in [0.1, 0.15) is 47.2 Å². The minimum absolute atomic E-state index is 0.126. The highest BCUT2D eigenvalue weighted by molar-refractivity contribution is 7.07. The van der Waals surface area contributed by atoms with Crippen molar-refractivity contribution in [1.29, 1.82) is 0 Å². The molecule has 0 N–H and O–H groups in total. The third-order valence-electron chi connectivity index (χ3n) is 6.36. The van der Waals surface area contributed by atoms with Gasteiger partial charge in [0.2, 0.25) is 0 Å². The molecule has 3 rings (SSSR count). The predicted octanol–water partition coefficient (Wildman–Crippen LogP) is 4.93. The van der Waals surface area contributed by atoms with E-state index in [0.29, 0.717) is 0 Å². The van der Waals surface area contributed by atoms with Crippen LogP contribution in [0.2, 0.25) is 0 Å². The summed E-state index contributed by atoms with van der Waals surface area (Å²) in [5, 5.41) is 4.11. The van der Waals surface area contributed by atoms with Gasteiger partial charge in [-0.1, -0.05) is 54.6 Å². The van der Waals surface area contributed by atoms with Crippen LogP contribution in [0.3, 0.4) is 0 Å². The van der Waals surface area contributed by atoms with E-state index >= 15 is 0 Å². The molecule has 0 aromatic heterocycles. The molecule has 0 fully saturated rings. The molecule has 2 heteroatoms. The Hall–Kier alpha value is -2.16. The Kier molecular flexibility index (Phi) is 6.16. The molecule has 152 valence electrons. The average Bonchev–Trinajstić information content (AvgIpc) is 2.67. The highest BCUT2D eigenvalue weighted by Crippen LogP contribution is 2.21. The zero-order valence-electron chi connectivity index (χ0n) is 19.2. The van der Waals surface area contributed by atoms with Crippen molar-refractivity contribution in [1.82, 2.24) is 0 Å². The third kappa shape index (κ3) is 3.72. The van der Waals surface area contributed by atoms with Gasteiger partial charge in [0.25, 0.3) is 8.32 Å². The monoisotopic (exact) mass is 402 g/mol. The second-order valence-corrected chi connectivity index (χ2v) is 11.8. The molecule has 0 aliphatic rings. The lowest BCUT2D eigenvalue weighted by atomic mass is 10.1. The molecule has 0 bridgehead atoms. The van der Waals surface area contributed by atoms with Crippen molar-refractivity contribution in [3.63, 3.8) is 0 Å². The van der Waals surface area contributed by atoms with E-state index in [4.69, 9.17) is 4.43 Å². The molecule has 0 heterocycles. The van der Waals surface area contributed by atoms with Crippen LogP contribution in [0, 0.1) is 41.5 Å². The zero-order valence-corrected chi connectivity index (χ0v) is 20.2. The summed E-state index contributed by atoms with van der Waals surface area (Å²) in [5.74, 6) is 0. The third-order valence-corrected chi connectivity index (χ3v) is 11.1. The molecule has 0 radical (unpaired) electrons. The van der Waals surface area contributed by atoms with E-state index in [9.17, 15) is 0 Å². The summed E-state index contributed by atoms with van der Waals surface area (Å²) >= 11 is 0. The van der Waals surface area contributed by atoms with Crippen LogP contribution in [0.4, 0.5) is 0 Å². The van der Waals surface area contributed by atoms with E-state index in [-0.39, 0.29) is 6.10 Å². The van der Waals surface area contributed by atoms with Gasteiger partial charge in [-0.15, -0.1) is 0 Å². The molecular formula is C27H34OSi. The molecule has 0 amide bonds. The van der Waals surface area contributed by atoms with E-state index < -0.39 is 8.32 Å². The molecule has 3 aromatic rings. The summed E-state index contributed by atoms with van der Waals surface area (Å²) in [6, 6.07) is 20.1. The summed E-state index contributed by atoms with van der Waals surface area (Å²) in [5.41, 5.74) is 8.01. The van der Waals surface area contributed by atoms with Crippen molar-refractivity contribution in [3.8, 4) is 0 Å². The fraction of sp³-hybridized carbons (Fsp3) is 0.333.